The van der Waals surface area contributed by atoms with E-state index in [9.17, 15) is 18.4 Å². The lowest BCUT2D eigenvalue weighted by Gasteiger charge is -2.46. The first kappa shape index (κ1) is 27.9. The van der Waals surface area contributed by atoms with Crippen LogP contribution in [0.1, 0.15) is 51.2 Å². The number of benzene rings is 2. The van der Waals surface area contributed by atoms with Crippen molar-refractivity contribution < 1.29 is 18.4 Å². The third-order valence-electron chi connectivity index (χ3n) is 6.28. The Morgan fingerprint density at radius 1 is 0.917 bits per heavy atom. The fourth-order valence-corrected chi connectivity index (χ4v) is 5.59. The third-order valence-corrected chi connectivity index (χ3v) is 6.94. The molecule has 0 aliphatic heterocycles. The molecule has 0 radical (unpaired) electrons. The Labute approximate surface area is 220 Å². The molecule has 0 aromatic heterocycles. The van der Waals surface area contributed by atoms with Gasteiger partial charge in [0.15, 0.2) is 0 Å². The summed E-state index contributed by atoms with van der Waals surface area (Å²) in [6, 6.07) is 8.56. The quantitative estimate of drug-likeness (QED) is 0.383. The van der Waals surface area contributed by atoms with Crippen LogP contribution in [0.15, 0.2) is 48.6 Å². The van der Waals surface area contributed by atoms with Gasteiger partial charge in [0.2, 0.25) is 11.8 Å². The molecule has 0 spiro atoms. The summed E-state index contributed by atoms with van der Waals surface area (Å²) in [7, 11) is 0. The molecular formula is C28H30Cl2F2N2O2. The van der Waals surface area contributed by atoms with Crippen molar-refractivity contribution in [2.24, 2.45) is 10.8 Å². The van der Waals surface area contributed by atoms with Gasteiger partial charge in [0.05, 0.1) is 10.0 Å². The van der Waals surface area contributed by atoms with Crippen molar-refractivity contribution in [3.05, 3.63) is 81.4 Å². The van der Waals surface area contributed by atoms with Crippen molar-refractivity contribution in [2.75, 3.05) is 6.54 Å². The molecule has 0 bridgehead atoms. The smallest absolute Gasteiger partial charge is 0.244 e. The third kappa shape index (κ3) is 7.65. The van der Waals surface area contributed by atoms with E-state index in [-0.39, 0.29) is 49.9 Å². The molecule has 0 unspecified atom stereocenters. The van der Waals surface area contributed by atoms with E-state index < -0.39 is 11.6 Å². The van der Waals surface area contributed by atoms with E-state index in [0.29, 0.717) is 13.0 Å². The van der Waals surface area contributed by atoms with Gasteiger partial charge in [-0.3, -0.25) is 9.59 Å². The highest BCUT2D eigenvalue weighted by atomic mass is 35.5. The number of hydrogen-bond donors (Lipinski definition) is 2. The lowest BCUT2D eigenvalue weighted by Crippen LogP contribution is -2.50. The molecule has 2 amide bonds. The van der Waals surface area contributed by atoms with E-state index >= 15 is 0 Å². The summed E-state index contributed by atoms with van der Waals surface area (Å²) < 4.78 is 27.9. The molecule has 1 saturated carbocycles. The summed E-state index contributed by atoms with van der Waals surface area (Å²) in [5.41, 5.74) is -0.0373. The maximum Gasteiger partial charge on any atom is 0.244 e. The Bertz CT molecular complexity index is 1160. The van der Waals surface area contributed by atoms with E-state index in [0.717, 1.165) is 12.8 Å². The zero-order valence-corrected chi connectivity index (χ0v) is 22.0. The molecule has 192 valence electrons. The standard InChI is InChI=1S/C28H30Cl2F2N2O2/c1-27(2)14-18(34-26(36)13-11-20-22(30)7-5-9-24(20)32)15-28(3,16-27)17-33-25(35)12-10-19-21(29)6-4-8-23(19)31/h4-13,18H,14-17H2,1-3H3,(H,33,35)(H,34,36)/b12-10+,13-11+/t18-,28-/m1/s1. The fraction of sp³-hybridized carbons (Fsp3) is 0.357. The molecule has 3 rings (SSSR count). The number of nitrogens with one attached hydrogen (secondary N) is 2. The van der Waals surface area contributed by atoms with Gasteiger partial charge >= 0.3 is 0 Å². The van der Waals surface area contributed by atoms with E-state index in [1.165, 1.54) is 48.6 Å². The number of hydrogen-bond acceptors (Lipinski definition) is 2. The number of carbonyl (C=O) groups excluding carboxylic acids is 2. The molecule has 8 heteroatoms. The van der Waals surface area contributed by atoms with Crippen LogP contribution in [0.4, 0.5) is 8.78 Å². The second kappa shape index (κ2) is 11.6. The van der Waals surface area contributed by atoms with Crippen LogP contribution < -0.4 is 10.6 Å². The van der Waals surface area contributed by atoms with Gasteiger partial charge in [-0.25, -0.2) is 8.78 Å². The minimum absolute atomic E-state index is 0.0786. The Morgan fingerprint density at radius 3 is 1.97 bits per heavy atom. The summed E-state index contributed by atoms with van der Waals surface area (Å²) in [6.45, 7) is 6.71. The largest absolute Gasteiger partial charge is 0.352 e. The monoisotopic (exact) mass is 534 g/mol. The van der Waals surface area contributed by atoms with Gasteiger partial charge < -0.3 is 10.6 Å². The van der Waals surface area contributed by atoms with Crippen LogP contribution in [0.5, 0.6) is 0 Å². The maximum absolute atomic E-state index is 14.0. The van der Waals surface area contributed by atoms with Crippen molar-refractivity contribution in [1.29, 1.82) is 0 Å². The van der Waals surface area contributed by atoms with Gasteiger partial charge in [-0.15, -0.1) is 0 Å². The zero-order chi connectivity index (χ0) is 26.5. The second-order valence-electron chi connectivity index (χ2n) is 10.4. The first-order valence-corrected chi connectivity index (χ1v) is 12.5. The molecule has 1 aliphatic rings. The van der Waals surface area contributed by atoms with Crippen molar-refractivity contribution in [3.63, 3.8) is 0 Å². The van der Waals surface area contributed by atoms with Crippen molar-refractivity contribution in [1.82, 2.24) is 10.6 Å². The average molecular weight is 535 g/mol. The summed E-state index contributed by atoms with van der Waals surface area (Å²) in [4.78, 5) is 25.0. The van der Waals surface area contributed by atoms with Gasteiger partial charge in [0.25, 0.3) is 0 Å². The first-order valence-electron chi connectivity index (χ1n) is 11.7. The molecule has 4 nitrogen and oxygen atoms in total. The van der Waals surface area contributed by atoms with Crippen molar-refractivity contribution in [2.45, 2.75) is 46.1 Å². The van der Waals surface area contributed by atoms with Crippen molar-refractivity contribution >= 4 is 47.2 Å². The van der Waals surface area contributed by atoms with Gasteiger partial charge in [-0.05, 0) is 66.5 Å². The van der Waals surface area contributed by atoms with Crippen molar-refractivity contribution in [3.8, 4) is 0 Å². The van der Waals surface area contributed by atoms with E-state index in [4.69, 9.17) is 23.2 Å². The molecule has 36 heavy (non-hydrogen) atoms. The van der Waals surface area contributed by atoms with E-state index in [2.05, 4.69) is 31.4 Å². The molecular weight excluding hydrogens is 505 g/mol. The molecule has 2 aromatic carbocycles. The fourth-order valence-electron chi connectivity index (χ4n) is 5.14. The van der Waals surface area contributed by atoms with Crippen LogP contribution in [0.3, 0.4) is 0 Å². The van der Waals surface area contributed by atoms with Crippen LogP contribution >= 0.6 is 23.2 Å². The summed E-state index contributed by atoms with van der Waals surface area (Å²) in [5.74, 6) is -1.70. The number of carbonyl (C=O) groups is 2. The van der Waals surface area contributed by atoms with Gasteiger partial charge in [0.1, 0.15) is 11.6 Å². The molecule has 1 aliphatic carbocycles. The average Bonchev–Trinajstić information content (AvgIpc) is 2.76. The molecule has 0 saturated heterocycles. The highest BCUT2D eigenvalue weighted by Gasteiger charge is 2.41. The van der Waals surface area contributed by atoms with Gasteiger partial charge in [-0.1, -0.05) is 56.1 Å². The Kier molecular flexibility index (Phi) is 8.96. The Morgan fingerprint density at radius 2 is 1.44 bits per heavy atom. The topological polar surface area (TPSA) is 58.2 Å². The summed E-state index contributed by atoms with van der Waals surface area (Å²) in [5, 5.41) is 6.37. The predicted molar refractivity (Wildman–Crippen MR) is 142 cm³/mol. The Balaban J connectivity index is 1.61. The lowest BCUT2D eigenvalue weighted by atomic mass is 9.62. The maximum atomic E-state index is 14.0. The zero-order valence-electron chi connectivity index (χ0n) is 20.5. The summed E-state index contributed by atoms with van der Waals surface area (Å²) in [6.07, 6.45) is 7.53. The van der Waals surface area contributed by atoms with E-state index in [1.807, 2.05) is 0 Å². The number of rotatable bonds is 7. The number of halogens is 4. The van der Waals surface area contributed by atoms with Gasteiger partial charge in [-0.2, -0.15) is 0 Å². The van der Waals surface area contributed by atoms with Gasteiger partial charge in [0, 0.05) is 35.9 Å². The normalized spacial score (nSPS) is 21.6. The predicted octanol–water partition coefficient (Wildman–Crippen LogP) is 6.82. The van der Waals surface area contributed by atoms with Crippen LogP contribution in [0, 0.1) is 22.5 Å². The second-order valence-corrected chi connectivity index (χ2v) is 11.2. The molecule has 2 aromatic rings. The highest BCUT2D eigenvalue weighted by Crippen LogP contribution is 2.45. The van der Waals surface area contributed by atoms with E-state index in [1.54, 1.807) is 12.1 Å². The van der Waals surface area contributed by atoms with Crippen LogP contribution in [-0.2, 0) is 9.59 Å². The van der Waals surface area contributed by atoms with Crippen LogP contribution in [0.25, 0.3) is 12.2 Å². The van der Waals surface area contributed by atoms with Crippen LogP contribution in [0.2, 0.25) is 10.0 Å². The highest BCUT2D eigenvalue weighted by molar-refractivity contribution is 6.32. The van der Waals surface area contributed by atoms with Crippen LogP contribution in [-0.4, -0.2) is 24.4 Å². The molecule has 2 N–H and O–H groups in total. The number of amides is 2. The lowest BCUT2D eigenvalue weighted by molar-refractivity contribution is -0.119. The minimum Gasteiger partial charge on any atom is -0.352 e. The molecule has 1 fully saturated rings. The summed E-state index contributed by atoms with van der Waals surface area (Å²) >= 11 is 12.0. The first-order chi connectivity index (χ1) is 16.9. The SMILES string of the molecule is CC1(C)C[C@@H](NC(=O)/C=C/c2c(F)cccc2Cl)C[C@@](C)(CNC(=O)/C=C/c2c(F)cccc2Cl)C1. The molecule has 2 atom stereocenters. The molecule has 0 heterocycles. The Hall–Kier alpha value is -2.70. The minimum atomic E-state index is -0.502.